The van der Waals surface area contributed by atoms with Gasteiger partial charge in [-0.2, -0.15) is 0 Å². The van der Waals surface area contributed by atoms with E-state index in [0.29, 0.717) is 5.41 Å². The molecule has 0 radical (unpaired) electrons. The molecule has 7 nitrogen and oxygen atoms in total. The number of rotatable bonds is 2. The maximum absolute atomic E-state index is 10.9. The smallest absolute Gasteiger partial charge is 0.315 e. The second-order valence-electron chi connectivity index (χ2n) is 2.63. The number of carbonyl (C=O) groups is 3. The summed E-state index contributed by atoms with van der Waals surface area (Å²) < 4.78 is 21.7. The number of amides is 2. The van der Waals surface area contributed by atoms with Crippen LogP contribution >= 0.6 is 0 Å². The molecule has 82 valence electrons. The molecule has 1 saturated heterocycles. The first-order valence-electron chi connectivity index (χ1n) is 3.83. The third-order valence-corrected chi connectivity index (χ3v) is 2.60. The highest BCUT2D eigenvalue weighted by Crippen LogP contribution is 2.13. The van der Waals surface area contributed by atoms with Crippen LogP contribution < -0.4 is 0 Å². The van der Waals surface area contributed by atoms with Gasteiger partial charge in [0.2, 0.25) is 0 Å². The van der Waals surface area contributed by atoms with E-state index in [-0.39, 0.29) is 17.9 Å². The summed E-state index contributed by atoms with van der Waals surface area (Å²) in [5.41, 5.74) is 0. The third-order valence-electron chi connectivity index (χ3n) is 1.62. The largest absolute Gasteiger partial charge is 0.453 e. The van der Waals surface area contributed by atoms with Gasteiger partial charge in [0.15, 0.2) is 0 Å². The van der Waals surface area contributed by atoms with Gasteiger partial charge in [0.05, 0.1) is 0 Å². The van der Waals surface area contributed by atoms with E-state index in [1.807, 2.05) is 0 Å². The van der Waals surface area contributed by atoms with Gasteiger partial charge < -0.3 is 4.84 Å². The van der Waals surface area contributed by atoms with Crippen molar-refractivity contribution in [3.05, 3.63) is 12.0 Å². The summed E-state index contributed by atoms with van der Waals surface area (Å²) in [6.07, 6.45) is -0.194. The van der Waals surface area contributed by atoms with Crippen LogP contribution in [0.5, 0.6) is 0 Å². The summed E-state index contributed by atoms with van der Waals surface area (Å²) in [5.74, 6) is -1.49. The van der Waals surface area contributed by atoms with Gasteiger partial charge >= 0.3 is 5.30 Å². The summed E-state index contributed by atoms with van der Waals surface area (Å²) in [6.45, 7) is 2.89. The van der Waals surface area contributed by atoms with Crippen molar-refractivity contribution in [1.29, 1.82) is 0 Å². The second-order valence-corrected chi connectivity index (χ2v) is 4.39. The Bertz CT molecular complexity index is 420. The molecule has 0 atom stereocenters. The molecular weight excluding hydrogens is 226 g/mol. The zero-order valence-electron chi connectivity index (χ0n) is 7.50. The topological polar surface area (TPSA) is 97.8 Å². The Hall–Kier alpha value is -1.70. The van der Waals surface area contributed by atoms with Crippen LogP contribution in [-0.4, -0.2) is 30.6 Å². The van der Waals surface area contributed by atoms with Gasteiger partial charge in [0, 0.05) is 18.2 Å². The minimum Gasteiger partial charge on any atom is -0.315 e. The van der Waals surface area contributed by atoms with Crippen LogP contribution in [0.3, 0.4) is 0 Å². The summed E-state index contributed by atoms with van der Waals surface area (Å²) in [5, 5.41) is -1.16. The molecule has 1 aliphatic rings. The summed E-state index contributed by atoms with van der Waals surface area (Å²) in [4.78, 5) is 36.9. The van der Waals surface area contributed by atoms with E-state index in [1.54, 1.807) is 0 Å². The summed E-state index contributed by atoms with van der Waals surface area (Å²) >= 11 is 0. The molecule has 0 unspecified atom stereocenters. The van der Waals surface area contributed by atoms with Crippen molar-refractivity contribution >= 4 is 27.0 Å². The maximum Gasteiger partial charge on any atom is 0.453 e. The van der Waals surface area contributed by atoms with Crippen LogP contribution in [0.25, 0.3) is 0 Å². The third kappa shape index (κ3) is 2.21. The molecular formula is C7H7NO6S. The lowest BCUT2D eigenvalue weighted by Crippen LogP contribution is -2.33. The van der Waals surface area contributed by atoms with Crippen LogP contribution in [0.4, 0.5) is 4.79 Å². The summed E-state index contributed by atoms with van der Waals surface area (Å²) in [6, 6.07) is 0. The highest BCUT2D eigenvalue weighted by molar-refractivity contribution is 8.08. The predicted octanol–water partition coefficient (Wildman–Crippen LogP) is -0.255. The quantitative estimate of drug-likeness (QED) is 0.610. The molecule has 15 heavy (non-hydrogen) atoms. The van der Waals surface area contributed by atoms with E-state index in [4.69, 9.17) is 0 Å². The maximum atomic E-state index is 10.9. The van der Waals surface area contributed by atoms with E-state index in [0.717, 1.165) is 0 Å². The number of nitrogens with zero attached hydrogens (tertiary/aromatic N) is 1. The van der Waals surface area contributed by atoms with Crippen molar-refractivity contribution < 1.29 is 27.6 Å². The second kappa shape index (κ2) is 3.81. The minimum atomic E-state index is -4.28. The number of hydrogen-bond donors (Lipinski definition) is 0. The van der Waals surface area contributed by atoms with Crippen molar-refractivity contribution in [2.75, 3.05) is 0 Å². The minimum absolute atomic E-state index is 0.0970. The predicted molar refractivity (Wildman–Crippen MR) is 46.7 cm³/mol. The molecule has 0 aromatic heterocycles. The molecule has 8 heteroatoms. The lowest BCUT2D eigenvalue weighted by Gasteiger charge is -2.10. The number of hydrogen-bond acceptors (Lipinski definition) is 6. The Labute approximate surface area is 85.2 Å². The number of hydroxylamine groups is 2. The zero-order valence-corrected chi connectivity index (χ0v) is 8.32. The Morgan fingerprint density at radius 2 is 1.80 bits per heavy atom. The molecule has 0 saturated carbocycles. The van der Waals surface area contributed by atoms with Crippen molar-refractivity contribution in [2.24, 2.45) is 0 Å². The van der Waals surface area contributed by atoms with E-state index < -0.39 is 27.0 Å². The molecule has 1 aliphatic heterocycles. The highest BCUT2D eigenvalue weighted by Gasteiger charge is 2.35. The fourth-order valence-electron chi connectivity index (χ4n) is 0.852. The van der Waals surface area contributed by atoms with Crippen molar-refractivity contribution in [3.63, 3.8) is 0 Å². The lowest BCUT2D eigenvalue weighted by molar-refractivity contribution is -0.169. The first-order valence-corrected chi connectivity index (χ1v) is 5.38. The molecule has 1 fully saturated rings. The molecule has 0 N–H and O–H groups in total. The molecule has 0 aromatic carbocycles. The molecule has 0 bridgehead atoms. The Kier molecular flexibility index (Phi) is 2.89. The van der Waals surface area contributed by atoms with E-state index >= 15 is 0 Å². The van der Waals surface area contributed by atoms with Crippen molar-refractivity contribution in [2.45, 2.75) is 12.8 Å². The van der Waals surface area contributed by atoms with Crippen LogP contribution in [0, 0.1) is 0 Å². The fourth-order valence-corrected chi connectivity index (χ4v) is 1.17. The SMILES string of the molecule is C=CS(=O)(=O)C(=O)ON1C(=O)CCC1=O. The van der Waals surface area contributed by atoms with Crippen molar-refractivity contribution in [1.82, 2.24) is 5.06 Å². The van der Waals surface area contributed by atoms with E-state index in [1.165, 1.54) is 0 Å². The van der Waals surface area contributed by atoms with Gasteiger partial charge in [-0.05, 0) is 0 Å². The Balaban J connectivity index is 2.79. The van der Waals surface area contributed by atoms with Gasteiger partial charge in [-0.15, -0.1) is 5.06 Å². The standard InChI is InChI=1S/C7H7NO6S/c1-2-15(12,13)7(11)14-8-5(9)3-4-6(8)10/h2H,1,3-4H2. The normalized spacial score (nSPS) is 16.7. The number of sulfone groups is 1. The molecule has 0 aromatic rings. The van der Waals surface area contributed by atoms with Gasteiger partial charge in [-0.25, -0.2) is 13.2 Å². The molecule has 0 spiro atoms. The van der Waals surface area contributed by atoms with Crippen molar-refractivity contribution in [3.8, 4) is 0 Å². The van der Waals surface area contributed by atoms with Crippen LogP contribution in [0.15, 0.2) is 12.0 Å². The van der Waals surface area contributed by atoms with Crippen LogP contribution in [0.1, 0.15) is 12.8 Å². The molecule has 0 aliphatic carbocycles. The lowest BCUT2D eigenvalue weighted by atomic mass is 10.4. The monoisotopic (exact) mass is 233 g/mol. The molecule has 1 rings (SSSR count). The first-order chi connectivity index (χ1) is 6.88. The van der Waals surface area contributed by atoms with Gasteiger partial charge in [-0.1, -0.05) is 6.58 Å². The zero-order chi connectivity index (χ0) is 11.6. The number of imide groups is 1. The molecule has 2 amide bonds. The highest BCUT2D eigenvalue weighted by atomic mass is 32.2. The summed E-state index contributed by atoms with van der Waals surface area (Å²) in [7, 11) is -4.28. The average Bonchev–Trinajstić information content (AvgIpc) is 2.49. The van der Waals surface area contributed by atoms with E-state index in [9.17, 15) is 22.8 Å². The Morgan fingerprint density at radius 3 is 2.20 bits per heavy atom. The fraction of sp³-hybridized carbons (Fsp3) is 0.286. The molecule has 1 heterocycles. The first kappa shape index (κ1) is 11.4. The number of carbonyl (C=O) groups excluding carboxylic acids is 3. The van der Waals surface area contributed by atoms with E-state index in [2.05, 4.69) is 11.4 Å². The Morgan fingerprint density at radius 1 is 1.33 bits per heavy atom. The average molecular weight is 233 g/mol. The van der Waals surface area contributed by atoms with Crippen LogP contribution in [0.2, 0.25) is 0 Å². The van der Waals surface area contributed by atoms with Gasteiger partial charge in [-0.3, -0.25) is 9.59 Å². The van der Waals surface area contributed by atoms with Gasteiger partial charge in [0.1, 0.15) is 0 Å². The van der Waals surface area contributed by atoms with Gasteiger partial charge in [0.25, 0.3) is 21.7 Å². The van der Waals surface area contributed by atoms with Crippen LogP contribution in [-0.2, 0) is 24.3 Å².